The number of nitrogens with one attached hydrogen (secondary N) is 1. The van der Waals surface area contributed by atoms with Crippen molar-refractivity contribution in [3.05, 3.63) is 108 Å². The smallest absolute Gasteiger partial charge is 0.353 e. The van der Waals surface area contributed by atoms with Crippen molar-refractivity contribution in [3.8, 4) is 0 Å². The van der Waals surface area contributed by atoms with Crippen LogP contribution in [0.3, 0.4) is 0 Å². The molecular weight excluding hydrogens is 658 g/mol. The number of hydrogen-bond donors (Lipinski definition) is 6. The van der Waals surface area contributed by atoms with Crippen LogP contribution in [0.4, 0.5) is 23.1 Å². The lowest BCUT2D eigenvalue weighted by Crippen LogP contribution is -2.44. The maximum absolute atomic E-state index is 12.6. The summed E-state index contributed by atoms with van der Waals surface area (Å²) in [4.78, 5) is 68.2. The number of carbonyl (C=O) groups is 3. The Labute approximate surface area is 284 Å². The van der Waals surface area contributed by atoms with E-state index in [1.165, 1.54) is 12.7 Å². The molecule has 10 N–H and O–H groups in total. The fourth-order valence-corrected chi connectivity index (χ4v) is 5.42. The molecule has 0 spiro atoms. The van der Waals surface area contributed by atoms with Crippen LogP contribution in [0.2, 0.25) is 0 Å². The van der Waals surface area contributed by atoms with Crippen molar-refractivity contribution in [2.24, 2.45) is 5.73 Å². The van der Waals surface area contributed by atoms with E-state index in [2.05, 4.69) is 32.2 Å². The largest absolute Gasteiger partial charge is 0.477 e. The zero-order valence-electron chi connectivity index (χ0n) is 26.4. The molecule has 0 bridgehead atoms. The number of benzene rings is 2. The molecule has 16 nitrogen and oxygen atoms in total. The highest BCUT2D eigenvalue weighted by molar-refractivity contribution is 5.97. The molecule has 0 aliphatic carbocycles. The number of ether oxygens (including phenoxy) is 1. The Balaban J connectivity index is 0.000000234. The van der Waals surface area contributed by atoms with Gasteiger partial charge in [-0.05, 0) is 47.7 Å². The summed E-state index contributed by atoms with van der Waals surface area (Å²) in [6.07, 6.45) is 0.846. The van der Waals surface area contributed by atoms with E-state index in [9.17, 15) is 29.1 Å². The first-order valence-electron chi connectivity index (χ1n) is 14.7. The third-order valence-corrected chi connectivity index (χ3v) is 8.03. The molecule has 0 saturated heterocycles. The van der Waals surface area contributed by atoms with Gasteiger partial charge in [0, 0.05) is 25.7 Å². The number of methoxy groups -OCH3 is 1. The van der Waals surface area contributed by atoms with Gasteiger partial charge in [-0.2, -0.15) is 4.98 Å². The summed E-state index contributed by atoms with van der Waals surface area (Å²) in [6.45, 7) is 3.55. The first-order chi connectivity index (χ1) is 22.8. The third kappa shape index (κ3) is 7.00. The molecule has 0 fully saturated rings. The number of aromatic carboxylic acids is 1. The molecule has 6 rings (SSSR count). The number of carboxylic acids is 1. The maximum Gasteiger partial charge on any atom is 0.353 e. The summed E-state index contributed by atoms with van der Waals surface area (Å²) in [6, 6.07) is 13.3. The van der Waals surface area contributed by atoms with Crippen LogP contribution in [0.25, 0.3) is 5.65 Å². The van der Waals surface area contributed by atoms with Gasteiger partial charge in [-0.3, -0.25) is 18.8 Å². The fraction of sp³-hybridized carbons (Fsp3) is 0.219. The minimum Gasteiger partial charge on any atom is -0.477 e. The molecule has 5 aromatic rings. The molecule has 1 atom stereocenters. The lowest BCUT2D eigenvalue weighted by Gasteiger charge is -2.31. The number of carboxylic acid groups (broad SMARTS) is 1. The van der Waals surface area contributed by atoms with E-state index >= 15 is 0 Å². The van der Waals surface area contributed by atoms with Gasteiger partial charge in [0.1, 0.15) is 22.8 Å². The lowest BCUT2D eigenvalue weighted by atomic mass is 9.96. The monoisotopic (exact) mass is 691 g/mol. The number of halogens is 1. The number of rotatable bonds is 7. The topological polar surface area (TPSA) is 264 Å². The molecule has 0 unspecified atom stereocenters. The first kappa shape index (κ1) is 35.8. The summed E-state index contributed by atoms with van der Waals surface area (Å²) in [5.41, 5.74) is 26.2. The van der Waals surface area contributed by atoms with Crippen LogP contribution in [0.1, 0.15) is 66.6 Å². The molecule has 2 aromatic heterocycles. The van der Waals surface area contributed by atoms with Crippen molar-refractivity contribution < 1.29 is 24.2 Å². The molecule has 17 heteroatoms. The van der Waals surface area contributed by atoms with E-state index in [1.54, 1.807) is 31.2 Å². The molecule has 256 valence electrons. The highest BCUT2D eigenvalue weighted by atomic mass is 35.5. The fourth-order valence-electron chi connectivity index (χ4n) is 5.42. The summed E-state index contributed by atoms with van der Waals surface area (Å²) >= 11 is 0. The van der Waals surface area contributed by atoms with Crippen molar-refractivity contribution in [1.29, 1.82) is 0 Å². The Kier molecular flexibility index (Phi) is 10.5. The molecule has 0 saturated carbocycles. The van der Waals surface area contributed by atoms with Gasteiger partial charge in [-0.25, -0.2) is 14.6 Å². The number of nitrogen functional groups attached to an aromatic ring is 3. The first-order valence-corrected chi connectivity index (χ1v) is 14.7. The lowest BCUT2D eigenvalue weighted by molar-refractivity contribution is 0.0599. The second-order valence-electron chi connectivity index (χ2n) is 11.1. The number of amides is 1. The van der Waals surface area contributed by atoms with Crippen molar-refractivity contribution in [2.75, 3.05) is 35.8 Å². The quantitative estimate of drug-likeness (QED) is 0.103. The molecule has 49 heavy (non-hydrogen) atoms. The summed E-state index contributed by atoms with van der Waals surface area (Å²) < 4.78 is 5.70. The predicted molar refractivity (Wildman–Crippen MR) is 185 cm³/mol. The van der Waals surface area contributed by atoms with Gasteiger partial charge < -0.3 is 43.0 Å². The molecule has 1 amide bonds. The number of nitrogens with zero attached hydrogens (tertiary/aromatic N) is 4. The number of imidazole rings is 1. The maximum atomic E-state index is 12.6. The minimum absolute atomic E-state index is 0. The van der Waals surface area contributed by atoms with E-state index in [-0.39, 0.29) is 46.9 Å². The van der Waals surface area contributed by atoms with E-state index in [0.29, 0.717) is 30.9 Å². The van der Waals surface area contributed by atoms with Gasteiger partial charge in [-0.1, -0.05) is 30.3 Å². The Bertz CT molecular complexity index is 2140. The summed E-state index contributed by atoms with van der Waals surface area (Å²) in [5.74, 6) is -2.63. The predicted octanol–water partition coefficient (Wildman–Crippen LogP) is 1.18. The number of anilines is 4. The number of carbonyl (C=O) groups excluding carboxylic acids is 2. The molecule has 1 aliphatic rings. The number of hydrogen-bond acceptors (Lipinski definition) is 13. The van der Waals surface area contributed by atoms with Crippen LogP contribution >= 0.6 is 12.4 Å². The highest BCUT2D eigenvalue weighted by Crippen LogP contribution is 2.26. The normalized spacial score (nSPS) is 12.7. The summed E-state index contributed by atoms with van der Waals surface area (Å²) in [7, 11) is 1.29. The van der Waals surface area contributed by atoms with E-state index in [0.717, 1.165) is 33.6 Å². The molecular formula is C32H34ClN9O7. The van der Waals surface area contributed by atoms with Crippen LogP contribution in [0.5, 0.6) is 0 Å². The van der Waals surface area contributed by atoms with E-state index in [1.807, 2.05) is 11.0 Å². The van der Waals surface area contributed by atoms with Crippen LogP contribution in [0, 0.1) is 0 Å². The standard InChI is InChI=1S/C18H18N6O5.C14H15N3O2.ClH/c1-8(9-3-5-10(6-4-9)17(28)29-2)21-15(25)11-7-12(16(26)27)24-14(22-11)13(19)23-18(24)20;15-6-8-1-2-9-3-4-17(7-10(9)5-8)12-11(16)13(18)14(12)19;/h3-8H,19H2,1-2H3,(H2,20,23)(H,21,25)(H,26,27);1-2,5H,3-4,6-7,15-16H2;1H/t8-;;/m0../s1. The number of esters is 1. The number of fused-ring (bicyclic) bond motifs is 2. The van der Waals surface area contributed by atoms with Gasteiger partial charge in [0.2, 0.25) is 5.95 Å². The van der Waals surface area contributed by atoms with Crippen LogP contribution < -0.4 is 44.0 Å². The second-order valence-corrected chi connectivity index (χ2v) is 11.1. The third-order valence-electron chi connectivity index (χ3n) is 8.03. The zero-order valence-corrected chi connectivity index (χ0v) is 27.2. The van der Waals surface area contributed by atoms with E-state index < -0.39 is 34.7 Å². The van der Waals surface area contributed by atoms with Gasteiger partial charge >= 0.3 is 11.9 Å². The minimum atomic E-state index is -1.32. The van der Waals surface area contributed by atoms with Crippen LogP contribution in [0.15, 0.2) is 58.1 Å². The Morgan fingerprint density at radius 3 is 2.31 bits per heavy atom. The molecule has 1 aliphatic heterocycles. The number of nitrogens with two attached hydrogens (primary N) is 4. The Morgan fingerprint density at radius 1 is 1.00 bits per heavy atom. The van der Waals surface area contributed by atoms with E-state index in [4.69, 9.17) is 22.9 Å². The van der Waals surface area contributed by atoms with Gasteiger partial charge in [0.25, 0.3) is 16.8 Å². The molecule has 0 radical (unpaired) electrons. The SMILES string of the molecule is COC(=O)c1ccc([C@H](C)NC(=O)c2cc(C(=O)O)n3c(N)nc(N)c3n2)cc1.Cl.NCc1ccc2c(c1)CN(c1c(N)c(=O)c1=O)CC2. The Hall–Kier alpha value is -6.00. The van der Waals surface area contributed by atoms with Gasteiger partial charge in [-0.15, -0.1) is 12.4 Å². The summed E-state index contributed by atoms with van der Waals surface area (Å²) in [5, 5.41) is 12.2. The molecule has 3 heterocycles. The van der Waals surface area contributed by atoms with Crippen LogP contribution in [-0.2, 0) is 24.2 Å². The van der Waals surface area contributed by atoms with Crippen molar-refractivity contribution in [2.45, 2.75) is 32.5 Å². The average Bonchev–Trinajstić information content (AvgIpc) is 3.39. The average molecular weight is 692 g/mol. The van der Waals surface area contributed by atoms with Gasteiger partial charge in [0.05, 0.1) is 18.7 Å². The second kappa shape index (κ2) is 14.4. The Morgan fingerprint density at radius 2 is 1.69 bits per heavy atom. The van der Waals surface area contributed by atoms with Crippen LogP contribution in [-0.4, -0.2) is 51.0 Å². The molecule has 3 aromatic carbocycles. The van der Waals surface area contributed by atoms with Crippen molar-refractivity contribution in [3.63, 3.8) is 0 Å². The zero-order chi connectivity index (χ0) is 34.9. The number of aromatic nitrogens is 3. The van der Waals surface area contributed by atoms with Crippen molar-refractivity contribution in [1.82, 2.24) is 19.7 Å². The van der Waals surface area contributed by atoms with Crippen molar-refractivity contribution >= 4 is 59.0 Å². The highest BCUT2D eigenvalue weighted by Gasteiger charge is 2.27. The van der Waals surface area contributed by atoms with Gasteiger partial charge in [0.15, 0.2) is 11.5 Å².